The van der Waals surface area contributed by atoms with Gasteiger partial charge in [-0.3, -0.25) is 4.79 Å². The van der Waals surface area contributed by atoms with Crippen LogP contribution in [-0.2, 0) is 19.2 Å². The SMILES string of the molecule is CC(C)(C)OC(=O)N(CC1CCCNC1)OC(=O)C=O. The zero-order valence-corrected chi connectivity index (χ0v) is 12.2. The molecule has 1 aliphatic rings. The van der Waals surface area contributed by atoms with Crippen molar-refractivity contribution in [3.63, 3.8) is 0 Å². The number of hydrogen-bond acceptors (Lipinski definition) is 6. The van der Waals surface area contributed by atoms with Gasteiger partial charge >= 0.3 is 12.1 Å². The monoisotopic (exact) mass is 286 g/mol. The first kappa shape index (κ1) is 16.4. The Morgan fingerprint density at radius 3 is 2.60 bits per heavy atom. The van der Waals surface area contributed by atoms with Gasteiger partial charge in [0.25, 0.3) is 0 Å². The Morgan fingerprint density at radius 1 is 1.40 bits per heavy atom. The zero-order chi connectivity index (χ0) is 15.2. The first-order chi connectivity index (χ1) is 9.31. The number of piperidine rings is 1. The third-order valence-corrected chi connectivity index (χ3v) is 2.72. The quantitative estimate of drug-likeness (QED) is 0.471. The molecule has 1 atom stereocenters. The van der Waals surface area contributed by atoms with Crippen molar-refractivity contribution < 1.29 is 24.0 Å². The van der Waals surface area contributed by atoms with Crippen LogP contribution in [0.1, 0.15) is 33.6 Å². The van der Waals surface area contributed by atoms with Gasteiger partial charge in [0.05, 0.1) is 6.54 Å². The van der Waals surface area contributed by atoms with Gasteiger partial charge < -0.3 is 14.9 Å². The molecule has 1 rings (SSSR count). The molecule has 0 bridgehead atoms. The summed E-state index contributed by atoms with van der Waals surface area (Å²) in [4.78, 5) is 38.2. The number of rotatable bonds is 3. The number of aldehydes is 1. The van der Waals surface area contributed by atoms with Gasteiger partial charge in [-0.15, -0.1) is 5.06 Å². The van der Waals surface area contributed by atoms with Crippen LogP contribution in [0.2, 0.25) is 0 Å². The normalized spacial score (nSPS) is 19.1. The van der Waals surface area contributed by atoms with Crippen molar-refractivity contribution in [3.8, 4) is 0 Å². The fourth-order valence-corrected chi connectivity index (χ4v) is 1.91. The number of carbonyl (C=O) groups excluding carboxylic acids is 3. The summed E-state index contributed by atoms with van der Waals surface area (Å²) < 4.78 is 5.16. The summed E-state index contributed by atoms with van der Waals surface area (Å²) in [5, 5.41) is 4.04. The van der Waals surface area contributed by atoms with Crippen LogP contribution in [0.4, 0.5) is 4.79 Å². The molecule has 1 heterocycles. The van der Waals surface area contributed by atoms with Crippen LogP contribution in [0.25, 0.3) is 0 Å². The van der Waals surface area contributed by atoms with E-state index in [1.165, 1.54) is 0 Å². The van der Waals surface area contributed by atoms with Crippen LogP contribution in [0.5, 0.6) is 0 Å². The van der Waals surface area contributed by atoms with Crippen molar-refractivity contribution in [1.29, 1.82) is 0 Å². The number of hydroxylamine groups is 2. The maximum Gasteiger partial charge on any atom is 0.443 e. The van der Waals surface area contributed by atoms with Crippen molar-refractivity contribution in [1.82, 2.24) is 10.4 Å². The molecule has 0 aromatic rings. The molecule has 1 unspecified atom stereocenters. The van der Waals surface area contributed by atoms with Crippen LogP contribution in [0.15, 0.2) is 0 Å². The van der Waals surface area contributed by atoms with E-state index in [1.807, 2.05) is 0 Å². The molecule has 0 aromatic heterocycles. The lowest BCUT2D eigenvalue weighted by atomic mass is 10.00. The average molecular weight is 286 g/mol. The molecule has 1 aliphatic heterocycles. The van der Waals surface area contributed by atoms with E-state index in [2.05, 4.69) is 5.32 Å². The van der Waals surface area contributed by atoms with Gasteiger partial charge in [-0.2, -0.15) is 0 Å². The Bertz CT molecular complexity index is 358. The van der Waals surface area contributed by atoms with Gasteiger partial charge in [0.2, 0.25) is 6.29 Å². The molecule has 0 aromatic carbocycles. The second-order valence-electron chi connectivity index (χ2n) is 5.78. The molecule has 0 saturated carbocycles. The Hall–Kier alpha value is -1.63. The largest absolute Gasteiger partial charge is 0.443 e. The Balaban J connectivity index is 2.65. The smallest absolute Gasteiger partial charge is 0.442 e. The Morgan fingerprint density at radius 2 is 2.10 bits per heavy atom. The van der Waals surface area contributed by atoms with Crippen LogP contribution >= 0.6 is 0 Å². The molecule has 1 saturated heterocycles. The zero-order valence-electron chi connectivity index (χ0n) is 12.2. The second-order valence-corrected chi connectivity index (χ2v) is 5.78. The van der Waals surface area contributed by atoms with Crippen LogP contribution in [-0.4, -0.2) is 48.6 Å². The number of hydrogen-bond donors (Lipinski definition) is 1. The third-order valence-electron chi connectivity index (χ3n) is 2.72. The van der Waals surface area contributed by atoms with Crippen LogP contribution in [0, 0.1) is 5.92 Å². The predicted molar refractivity (Wildman–Crippen MR) is 70.7 cm³/mol. The molecule has 1 N–H and O–H groups in total. The van der Waals surface area contributed by atoms with Crippen molar-refractivity contribution in [2.75, 3.05) is 19.6 Å². The van der Waals surface area contributed by atoms with Gasteiger partial charge in [-0.25, -0.2) is 9.59 Å². The van der Waals surface area contributed by atoms with Gasteiger partial charge in [0, 0.05) is 0 Å². The molecular formula is C13H22N2O5. The summed E-state index contributed by atoms with van der Waals surface area (Å²) in [6.07, 6.45) is 1.17. The lowest BCUT2D eigenvalue weighted by molar-refractivity contribution is -0.185. The third kappa shape index (κ3) is 6.01. The highest BCUT2D eigenvalue weighted by Crippen LogP contribution is 2.15. The van der Waals surface area contributed by atoms with E-state index < -0.39 is 17.7 Å². The predicted octanol–water partition coefficient (Wildman–Crippen LogP) is 0.880. The Kier molecular flexibility index (Phi) is 5.94. The minimum absolute atomic E-state index is 0.0243. The first-order valence-electron chi connectivity index (χ1n) is 6.70. The molecule has 1 fully saturated rings. The van der Waals surface area contributed by atoms with Crippen molar-refractivity contribution in [3.05, 3.63) is 0 Å². The number of carbonyl (C=O) groups is 3. The first-order valence-corrected chi connectivity index (χ1v) is 6.70. The highest BCUT2D eigenvalue weighted by atomic mass is 16.8. The molecule has 1 amide bonds. The molecule has 20 heavy (non-hydrogen) atoms. The van der Waals surface area contributed by atoms with Crippen LogP contribution in [0.3, 0.4) is 0 Å². The van der Waals surface area contributed by atoms with E-state index in [9.17, 15) is 14.4 Å². The van der Waals surface area contributed by atoms with Gasteiger partial charge in [0.1, 0.15) is 5.60 Å². The molecule has 0 aliphatic carbocycles. The maximum absolute atomic E-state index is 12.0. The number of nitrogens with zero attached hydrogens (tertiary/aromatic N) is 1. The van der Waals surface area contributed by atoms with Crippen molar-refractivity contribution in [2.24, 2.45) is 5.92 Å². The highest BCUT2D eigenvalue weighted by Gasteiger charge is 2.28. The van der Waals surface area contributed by atoms with Gasteiger partial charge in [-0.05, 0) is 52.6 Å². The summed E-state index contributed by atoms with van der Waals surface area (Å²) in [5.41, 5.74) is -0.701. The summed E-state index contributed by atoms with van der Waals surface area (Å²) in [6.45, 7) is 7.03. The van der Waals surface area contributed by atoms with Crippen LogP contribution < -0.4 is 5.32 Å². The molecule has 7 nitrogen and oxygen atoms in total. The Labute approximate surface area is 118 Å². The molecule has 0 radical (unpaired) electrons. The topological polar surface area (TPSA) is 84.9 Å². The fraction of sp³-hybridized carbons (Fsp3) is 0.769. The van der Waals surface area contributed by atoms with E-state index >= 15 is 0 Å². The van der Waals surface area contributed by atoms with Crippen molar-refractivity contribution >= 4 is 18.3 Å². The minimum atomic E-state index is -1.11. The minimum Gasteiger partial charge on any atom is -0.442 e. The van der Waals surface area contributed by atoms with E-state index in [0.29, 0.717) is 0 Å². The molecule has 7 heteroatoms. The highest BCUT2D eigenvalue weighted by molar-refractivity contribution is 6.20. The summed E-state index contributed by atoms with van der Waals surface area (Å²) in [7, 11) is 0. The van der Waals surface area contributed by atoms with Crippen molar-refractivity contribution in [2.45, 2.75) is 39.2 Å². The second kappa shape index (κ2) is 7.23. The molecule has 114 valence electrons. The van der Waals surface area contributed by atoms with Gasteiger partial charge in [0.15, 0.2) is 0 Å². The van der Waals surface area contributed by atoms with E-state index in [1.54, 1.807) is 20.8 Å². The summed E-state index contributed by atoms with van der Waals surface area (Å²) in [6, 6.07) is 0. The van der Waals surface area contributed by atoms with E-state index in [4.69, 9.17) is 9.57 Å². The van der Waals surface area contributed by atoms with E-state index in [-0.39, 0.29) is 18.7 Å². The van der Waals surface area contributed by atoms with E-state index in [0.717, 1.165) is 31.0 Å². The number of amides is 1. The molecule has 0 spiro atoms. The average Bonchev–Trinajstić information content (AvgIpc) is 2.37. The van der Waals surface area contributed by atoms with Gasteiger partial charge in [-0.1, -0.05) is 0 Å². The summed E-state index contributed by atoms with van der Waals surface area (Å²) >= 11 is 0. The number of nitrogens with one attached hydrogen (secondary N) is 1. The summed E-state index contributed by atoms with van der Waals surface area (Å²) in [5.74, 6) is -0.949. The maximum atomic E-state index is 12.0. The number of ether oxygens (including phenoxy) is 1. The standard InChI is InChI=1S/C13H22N2O5/c1-13(2,3)19-12(18)15(20-11(17)9-16)8-10-5-4-6-14-7-10/h9-10,14H,4-8H2,1-3H3. The molecular weight excluding hydrogens is 264 g/mol. The lowest BCUT2D eigenvalue weighted by Crippen LogP contribution is -2.44. The lowest BCUT2D eigenvalue weighted by Gasteiger charge is -2.30. The fourth-order valence-electron chi connectivity index (χ4n) is 1.91.